The summed E-state index contributed by atoms with van der Waals surface area (Å²) in [5.41, 5.74) is -1.19. The highest BCUT2D eigenvalue weighted by Gasteiger charge is 2.36. The molecular weight excluding hydrogens is 258 g/mol. The average molecular weight is 271 g/mol. The third-order valence-corrected chi connectivity index (χ3v) is 3.19. The molecule has 0 spiro atoms. The summed E-state index contributed by atoms with van der Waals surface area (Å²) in [6.07, 6.45) is 5.15. The average Bonchev–Trinajstić information content (AvgIpc) is 2.97. The van der Waals surface area contributed by atoms with Crippen LogP contribution in [-0.4, -0.2) is 26.3 Å². The van der Waals surface area contributed by atoms with E-state index in [2.05, 4.69) is 4.72 Å². The molecule has 0 aliphatic carbocycles. The van der Waals surface area contributed by atoms with Gasteiger partial charge >= 0.3 is 0 Å². The van der Waals surface area contributed by atoms with Crippen LogP contribution >= 0.6 is 0 Å². The van der Waals surface area contributed by atoms with Gasteiger partial charge in [-0.25, -0.2) is 13.1 Å². The van der Waals surface area contributed by atoms with Crippen molar-refractivity contribution in [1.82, 2.24) is 4.72 Å². The van der Waals surface area contributed by atoms with E-state index in [0.29, 0.717) is 5.56 Å². The lowest BCUT2D eigenvalue weighted by atomic mass is 9.94. The Morgan fingerprint density at radius 1 is 1.39 bits per heavy atom. The van der Waals surface area contributed by atoms with Gasteiger partial charge < -0.3 is 13.9 Å². The van der Waals surface area contributed by atoms with Crippen LogP contribution in [0.2, 0.25) is 0 Å². The van der Waals surface area contributed by atoms with Gasteiger partial charge in [-0.3, -0.25) is 0 Å². The van der Waals surface area contributed by atoms with Crippen molar-refractivity contribution in [3.05, 3.63) is 48.3 Å². The molecule has 0 amide bonds. The zero-order valence-electron chi connectivity index (χ0n) is 9.66. The van der Waals surface area contributed by atoms with Crippen LogP contribution in [0.3, 0.4) is 0 Å². The summed E-state index contributed by atoms with van der Waals surface area (Å²) in [5.74, 6) is 0.236. The van der Waals surface area contributed by atoms with Gasteiger partial charge in [-0.2, -0.15) is 0 Å². The smallest absolute Gasteiger partial charge is 0.208 e. The molecule has 0 unspecified atom stereocenters. The van der Waals surface area contributed by atoms with E-state index in [0.717, 1.165) is 6.26 Å². The number of sulfonamides is 1. The fourth-order valence-corrected chi connectivity index (χ4v) is 2.05. The zero-order chi connectivity index (χ0) is 13.2. The van der Waals surface area contributed by atoms with Crippen molar-refractivity contribution in [2.24, 2.45) is 0 Å². The first kappa shape index (κ1) is 12.9. The summed E-state index contributed by atoms with van der Waals surface area (Å²) in [7, 11) is -3.42. The number of furan rings is 2. The number of nitrogens with one attached hydrogen (secondary N) is 1. The van der Waals surface area contributed by atoms with Gasteiger partial charge in [0.1, 0.15) is 5.76 Å². The first-order valence-corrected chi connectivity index (χ1v) is 7.05. The van der Waals surface area contributed by atoms with E-state index in [1.54, 1.807) is 18.2 Å². The lowest BCUT2D eigenvalue weighted by Gasteiger charge is -2.24. The zero-order valence-corrected chi connectivity index (χ0v) is 10.5. The van der Waals surface area contributed by atoms with Crippen LogP contribution in [0.1, 0.15) is 11.3 Å². The van der Waals surface area contributed by atoms with Crippen molar-refractivity contribution >= 4 is 10.0 Å². The fourth-order valence-electron chi connectivity index (χ4n) is 1.58. The number of aliphatic hydroxyl groups is 1. The predicted octanol–water partition coefficient (Wildman–Crippen LogP) is 0.658. The monoisotopic (exact) mass is 271 g/mol. The van der Waals surface area contributed by atoms with E-state index in [4.69, 9.17) is 8.83 Å². The van der Waals surface area contributed by atoms with Crippen molar-refractivity contribution in [2.45, 2.75) is 5.60 Å². The van der Waals surface area contributed by atoms with E-state index in [9.17, 15) is 13.5 Å². The lowest BCUT2D eigenvalue weighted by Crippen LogP contribution is -2.40. The second-order valence-corrected chi connectivity index (χ2v) is 5.78. The van der Waals surface area contributed by atoms with Crippen molar-refractivity contribution in [1.29, 1.82) is 0 Å². The maximum Gasteiger partial charge on any atom is 0.208 e. The lowest BCUT2D eigenvalue weighted by molar-refractivity contribution is 0.0613. The number of rotatable bonds is 5. The highest BCUT2D eigenvalue weighted by Crippen LogP contribution is 2.29. The SMILES string of the molecule is CS(=O)(=O)NC[C@@](O)(c1ccoc1)c1ccco1. The Bertz CT molecular complexity index is 551. The normalized spacial score (nSPS) is 15.4. The van der Waals surface area contributed by atoms with Gasteiger partial charge in [0.2, 0.25) is 10.0 Å². The Balaban J connectivity index is 2.35. The largest absolute Gasteiger partial charge is 0.472 e. The summed E-state index contributed by atoms with van der Waals surface area (Å²) in [6.45, 7) is -0.237. The number of hydrogen-bond acceptors (Lipinski definition) is 5. The molecule has 2 rings (SSSR count). The van der Waals surface area contributed by atoms with Crippen LogP contribution in [0.4, 0.5) is 0 Å². The van der Waals surface area contributed by atoms with E-state index in [1.165, 1.54) is 18.8 Å². The molecule has 0 radical (unpaired) electrons. The maximum absolute atomic E-state index is 11.1. The summed E-state index contributed by atoms with van der Waals surface area (Å²) >= 11 is 0. The molecular formula is C11H13NO5S. The molecule has 0 saturated heterocycles. The van der Waals surface area contributed by atoms with E-state index >= 15 is 0 Å². The second kappa shape index (κ2) is 4.60. The molecule has 0 aliphatic heterocycles. The Hall–Kier alpha value is -1.57. The minimum atomic E-state index is -3.42. The van der Waals surface area contributed by atoms with E-state index in [-0.39, 0.29) is 12.3 Å². The van der Waals surface area contributed by atoms with Crippen molar-refractivity contribution in [3.63, 3.8) is 0 Å². The molecule has 2 N–H and O–H groups in total. The number of hydrogen-bond donors (Lipinski definition) is 2. The molecule has 2 aromatic heterocycles. The molecule has 98 valence electrons. The Kier molecular flexibility index (Phi) is 3.29. The standard InChI is InChI=1S/C11H13NO5S/c1-18(14,15)12-8-11(13,9-4-6-16-7-9)10-3-2-5-17-10/h2-7,12-13H,8H2,1H3/t11-/m1/s1. The third-order valence-electron chi connectivity index (χ3n) is 2.52. The van der Waals surface area contributed by atoms with Gasteiger partial charge in [-0.15, -0.1) is 0 Å². The molecule has 2 aromatic rings. The van der Waals surface area contributed by atoms with Crippen LogP contribution in [-0.2, 0) is 15.6 Å². The molecule has 0 aromatic carbocycles. The van der Waals surface area contributed by atoms with Gasteiger partial charge in [0.25, 0.3) is 0 Å². The second-order valence-electron chi connectivity index (χ2n) is 3.94. The predicted molar refractivity (Wildman–Crippen MR) is 63.3 cm³/mol. The third kappa shape index (κ3) is 2.63. The summed E-state index contributed by atoms with van der Waals surface area (Å²) in [6, 6.07) is 4.73. The topological polar surface area (TPSA) is 92.7 Å². The minimum absolute atomic E-state index is 0.236. The summed E-state index contributed by atoms with van der Waals surface area (Å²) in [5, 5.41) is 10.6. The van der Waals surface area contributed by atoms with Crippen molar-refractivity contribution < 1.29 is 22.4 Å². The molecule has 18 heavy (non-hydrogen) atoms. The molecule has 6 nitrogen and oxygen atoms in total. The van der Waals surface area contributed by atoms with Crippen molar-refractivity contribution in [3.8, 4) is 0 Å². The van der Waals surface area contributed by atoms with Crippen LogP contribution in [0, 0.1) is 0 Å². The Labute approximate surface area is 104 Å². The van der Waals surface area contributed by atoms with E-state index < -0.39 is 15.6 Å². The van der Waals surface area contributed by atoms with Gasteiger partial charge in [0.05, 0.1) is 31.6 Å². The molecule has 7 heteroatoms. The highest BCUT2D eigenvalue weighted by molar-refractivity contribution is 7.88. The fraction of sp³-hybridized carbons (Fsp3) is 0.273. The molecule has 0 saturated carbocycles. The van der Waals surface area contributed by atoms with Gasteiger partial charge in [0.15, 0.2) is 5.60 Å². The van der Waals surface area contributed by atoms with Gasteiger partial charge in [0, 0.05) is 5.56 Å². The molecule has 0 bridgehead atoms. The van der Waals surface area contributed by atoms with Crippen LogP contribution in [0.25, 0.3) is 0 Å². The quantitative estimate of drug-likeness (QED) is 0.833. The first-order valence-electron chi connectivity index (χ1n) is 5.15. The molecule has 0 aliphatic rings. The summed E-state index contributed by atoms with van der Waals surface area (Å²) < 4.78 is 34.6. The van der Waals surface area contributed by atoms with Crippen LogP contribution in [0.15, 0.2) is 45.8 Å². The van der Waals surface area contributed by atoms with E-state index in [1.807, 2.05) is 0 Å². The molecule has 0 fully saturated rings. The molecule has 2 heterocycles. The molecule has 1 atom stereocenters. The van der Waals surface area contributed by atoms with Gasteiger partial charge in [-0.1, -0.05) is 0 Å². The summed E-state index contributed by atoms with van der Waals surface area (Å²) in [4.78, 5) is 0. The first-order chi connectivity index (χ1) is 8.42. The van der Waals surface area contributed by atoms with Crippen molar-refractivity contribution in [2.75, 3.05) is 12.8 Å². The highest BCUT2D eigenvalue weighted by atomic mass is 32.2. The minimum Gasteiger partial charge on any atom is -0.472 e. The van der Waals surface area contributed by atoms with Crippen LogP contribution in [0.5, 0.6) is 0 Å². The Morgan fingerprint density at radius 2 is 2.17 bits per heavy atom. The van der Waals surface area contributed by atoms with Crippen LogP contribution < -0.4 is 4.72 Å². The van der Waals surface area contributed by atoms with Gasteiger partial charge in [-0.05, 0) is 18.2 Å². The Morgan fingerprint density at radius 3 is 2.67 bits per heavy atom. The maximum atomic E-state index is 11.1.